The van der Waals surface area contributed by atoms with Crippen molar-refractivity contribution in [3.63, 3.8) is 0 Å². The molecule has 5 heteroatoms. The van der Waals surface area contributed by atoms with Crippen LogP contribution < -0.4 is 5.32 Å². The molecule has 30 heavy (non-hydrogen) atoms. The Hall–Kier alpha value is -2.69. The maximum absolute atomic E-state index is 14.1. The molecule has 4 nitrogen and oxygen atoms in total. The third kappa shape index (κ3) is 5.91. The second-order valence-electron chi connectivity index (χ2n) is 8.30. The molecular weight excluding hydrogens is 379 g/mol. The molecule has 0 heterocycles. The van der Waals surface area contributed by atoms with Crippen LogP contribution in [-0.2, 0) is 22.6 Å². The number of amides is 2. The summed E-state index contributed by atoms with van der Waals surface area (Å²) >= 11 is 0. The van der Waals surface area contributed by atoms with Gasteiger partial charge in [-0.1, -0.05) is 67.3 Å². The number of carbonyl (C=O) groups excluding carboxylic acids is 2. The summed E-state index contributed by atoms with van der Waals surface area (Å²) in [5, 5.41) is 3.12. The van der Waals surface area contributed by atoms with Gasteiger partial charge in [-0.3, -0.25) is 9.59 Å². The highest BCUT2D eigenvalue weighted by Crippen LogP contribution is 2.19. The minimum absolute atomic E-state index is 0.0699. The predicted molar refractivity (Wildman–Crippen MR) is 116 cm³/mol. The lowest BCUT2D eigenvalue weighted by Crippen LogP contribution is -2.50. The average Bonchev–Trinajstić information content (AvgIpc) is 2.74. The van der Waals surface area contributed by atoms with Gasteiger partial charge in [0.25, 0.3) is 0 Å². The van der Waals surface area contributed by atoms with Crippen LogP contribution >= 0.6 is 0 Å². The molecule has 0 aromatic heterocycles. The van der Waals surface area contributed by atoms with Gasteiger partial charge in [-0.25, -0.2) is 4.39 Å². The fourth-order valence-corrected chi connectivity index (χ4v) is 4.06. The van der Waals surface area contributed by atoms with Crippen LogP contribution in [0.2, 0.25) is 0 Å². The Morgan fingerprint density at radius 2 is 1.83 bits per heavy atom. The van der Waals surface area contributed by atoms with Gasteiger partial charge in [0.2, 0.25) is 11.8 Å². The van der Waals surface area contributed by atoms with Gasteiger partial charge in [0, 0.05) is 12.6 Å². The van der Waals surface area contributed by atoms with Gasteiger partial charge in [-0.15, -0.1) is 0 Å². The summed E-state index contributed by atoms with van der Waals surface area (Å²) in [5.74, 6) is -0.801. The number of halogens is 1. The number of hydrogen-bond donors (Lipinski definition) is 1. The first-order chi connectivity index (χ1) is 14.4. The molecule has 0 bridgehead atoms. The van der Waals surface area contributed by atoms with Gasteiger partial charge in [0.15, 0.2) is 0 Å². The SMILES string of the molecule is Cc1cccc(CN(C(=O)Cc2ccccc2F)[C@H](C)C(=O)NC2CCCCC2)c1. The number of aryl methyl sites for hydroxylation is 1. The molecule has 1 N–H and O–H groups in total. The van der Waals surface area contributed by atoms with Crippen LogP contribution in [0.15, 0.2) is 48.5 Å². The van der Waals surface area contributed by atoms with Crippen LogP contribution in [0.4, 0.5) is 4.39 Å². The Bertz CT molecular complexity index is 877. The minimum Gasteiger partial charge on any atom is -0.352 e. The zero-order chi connectivity index (χ0) is 21.5. The van der Waals surface area contributed by atoms with Gasteiger partial charge in [0.1, 0.15) is 11.9 Å². The van der Waals surface area contributed by atoms with Crippen LogP contribution in [-0.4, -0.2) is 28.8 Å². The molecule has 1 fully saturated rings. The second kappa shape index (κ2) is 10.4. The van der Waals surface area contributed by atoms with E-state index in [0.717, 1.165) is 36.8 Å². The molecule has 0 saturated heterocycles. The summed E-state index contributed by atoms with van der Waals surface area (Å²) in [5.41, 5.74) is 2.39. The van der Waals surface area contributed by atoms with Gasteiger partial charge < -0.3 is 10.2 Å². The van der Waals surface area contributed by atoms with Crippen LogP contribution in [0.3, 0.4) is 0 Å². The van der Waals surface area contributed by atoms with Crippen molar-refractivity contribution >= 4 is 11.8 Å². The third-order valence-corrected chi connectivity index (χ3v) is 5.85. The van der Waals surface area contributed by atoms with Crippen LogP contribution in [0.1, 0.15) is 55.7 Å². The largest absolute Gasteiger partial charge is 0.352 e. The maximum atomic E-state index is 14.1. The van der Waals surface area contributed by atoms with E-state index in [1.807, 2.05) is 31.2 Å². The molecule has 1 aliphatic carbocycles. The maximum Gasteiger partial charge on any atom is 0.242 e. The highest BCUT2D eigenvalue weighted by molar-refractivity contribution is 5.88. The molecule has 1 aliphatic rings. The first kappa shape index (κ1) is 22.0. The fraction of sp³-hybridized carbons (Fsp3) is 0.440. The molecule has 2 aromatic rings. The molecule has 0 radical (unpaired) electrons. The van der Waals surface area contributed by atoms with E-state index >= 15 is 0 Å². The van der Waals surface area contributed by atoms with Gasteiger partial charge >= 0.3 is 0 Å². The molecule has 1 saturated carbocycles. The molecule has 3 rings (SSSR count). The van der Waals surface area contributed by atoms with E-state index in [9.17, 15) is 14.0 Å². The molecular formula is C25H31FN2O2. The van der Waals surface area contributed by atoms with Crippen LogP contribution in [0.5, 0.6) is 0 Å². The molecule has 0 unspecified atom stereocenters. The topological polar surface area (TPSA) is 49.4 Å². The van der Waals surface area contributed by atoms with E-state index in [0.29, 0.717) is 12.1 Å². The third-order valence-electron chi connectivity index (χ3n) is 5.85. The summed E-state index contributed by atoms with van der Waals surface area (Å²) in [6.45, 7) is 4.07. The first-order valence-electron chi connectivity index (χ1n) is 10.8. The number of nitrogens with zero attached hydrogens (tertiary/aromatic N) is 1. The molecule has 0 aliphatic heterocycles. The number of benzene rings is 2. The van der Waals surface area contributed by atoms with E-state index in [1.54, 1.807) is 30.0 Å². The Morgan fingerprint density at radius 1 is 1.10 bits per heavy atom. The van der Waals surface area contributed by atoms with E-state index in [2.05, 4.69) is 5.32 Å². The van der Waals surface area contributed by atoms with E-state index < -0.39 is 11.9 Å². The monoisotopic (exact) mass is 410 g/mol. The molecule has 160 valence electrons. The minimum atomic E-state index is -0.633. The molecule has 2 amide bonds. The van der Waals surface area contributed by atoms with Crippen molar-refractivity contribution in [3.8, 4) is 0 Å². The van der Waals surface area contributed by atoms with Gasteiger partial charge in [-0.05, 0) is 43.9 Å². The Balaban J connectivity index is 1.77. The Morgan fingerprint density at radius 3 is 2.53 bits per heavy atom. The number of carbonyl (C=O) groups is 2. The zero-order valence-electron chi connectivity index (χ0n) is 17.9. The van der Waals surface area contributed by atoms with Gasteiger partial charge in [0.05, 0.1) is 6.42 Å². The summed E-state index contributed by atoms with van der Waals surface area (Å²) in [7, 11) is 0. The molecule has 0 spiro atoms. The van der Waals surface area contributed by atoms with E-state index in [1.165, 1.54) is 12.5 Å². The lowest BCUT2D eigenvalue weighted by atomic mass is 9.95. The summed E-state index contributed by atoms with van der Waals surface area (Å²) < 4.78 is 14.1. The normalized spacial score (nSPS) is 15.4. The Labute approximate surface area is 178 Å². The standard InChI is InChI=1S/C25H31FN2O2/c1-18-9-8-10-20(15-18)17-28(24(29)16-21-11-6-7-14-23(21)26)19(2)25(30)27-22-12-4-3-5-13-22/h6-11,14-15,19,22H,3-5,12-13,16-17H2,1-2H3,(H,27,30)/t19-/m1/s1. The molecule has 2 aromatic carbocycles. The zero-order valence-corrected chi connectivity index (χ0v) is 17.9. The van der Waals surface area contributed by atoms with Crippen LogP contribution in [0.25, 0.3) is 0 Å². The summed E-state index contributed by atoms with van der Waals surface area (Å²) in [6.07, 6.45) is 5.36. The van der Waals surface area contributed by atoms with Crippen LogP contribution in [0, 0.1) is 12.7 Å². The lowest BCUT2D eigenvalue weighted by Gasteiger charge is -2.31. The van der Waals surface area contributed by atoms with Gasteiger partial charge in [-0.2, -0.15) is 0 Å². The van der Waals surface area contributed by atoms with E-state index in [-0.39, 0.29) is 24.3 Å². The first-order valence-corrected chi connectivity index (χ1v) is 10.8. The summed E-state index contributed by atoms with van der Waals surface area (Å²) in [4.78, 5) is 27.7. The van der Waals surface area contributed by atoms with Crippen molar-refractivity contribution < 1.29 is 14.0 Å². The smallest absolute Gasteiger partial charge is 0.242 e. The Kier molecular flexibility index (Phi) is 7.61. The second-order valence-corrected chi connectivity index (χ2v) is 8.30. The van der Waals surface area contributed by atoms with E-state index in [4.69, 9.17) is 0 Å². The predicted octanol–water partition coefficient (Wildman–Crippen LogP) is 4.54. The number of hydrogen-bond acceptors (Lipinski definition) is 2. The lowest BCUT2D eigenvalue weighted by molar-refractivity contribution is -0.140. The van der Waals surface area contributed by atoms with Crippen molar-refractivity contribution in [2.24, 2.45) is 0 Å². The van der Waals surface area contributed by atoms with Crippen molar-refractivity contribution in [1.29, 1.82) is 0 Å². The average molecular weight is 411 g/mol. The quantitative estimate of drug-likeness (QED) is 0.728. The fourth-order valence-electron chi connectivity index (χ4n) is 4.06. The highest BCUT2D eigenvalue weighted by atomic mass is 19.1. The number of rotatable bonds is 7. The number of nitrogens with one attached hydrogen (secondary N) is 1. The summed E-state index contributed by atoms with van der Waals surface area (Å²) in [6, 6.07) is 13.7. The van der Waals surface area contributed by atoms with Crippen molar-refractivity contribution in [2.75, 3.05) is 0 Å². The van der Waals surface area contributed by atoms with Crippen molar-refractivity contribution in [3.05, 3.63) is 71.0 Å². The van der Waals surface area contributed by atoms with Crippen molar-refractivity contribution in [1.82, 2.24) is 10.2 Å². The molecule has 1 atom stereocenters. The van der Waals surface area contributed by atoms with Crippen molar-refractivity contribution in [2.45, 2.75) is 71.0 Å². The highest BCUT2D eigenvalue weighted by Gasteiger charge is 2.28.